The Morgan fingerprint density at radius 3 is 2.89 bits per heavy atom. The van der Waals surface area contributed by atoms with Gasteiger partial charge >= 0.3 is 0 Å². The minimum absolute atomic E-state index is 0. The van der Waals surface area contributed by atoms with Gasteiger partial charge in [-0.25, -0.2) is 0 Å². The van der Waals surface area contributed by atoms with Crippen molar-refractivity contribution in [3.8, 4) is 0 Å². The van der Waals surface area contributed by atoms with Crippen LogP contribution in [-0.2, 0) is 6.42 Å². The highest BCUT2D eigenvalue weighted by Crippen LogP contribution is 2.37. The van der Waals surface area contributed by atoms with Gasteiger partial charge in [0.1, 0.15) is 0 Å². The van der Waals surface area contributed by atoms with Crippen molar-refractivity contribution < 1.29 is 0 Å². The van der Waals surface area contributed by atoms with Gasteiger partial charge in [-0.05, 0) is 48.1 Å². The zero-order valence-electron chi connectivity index (χ0n) is 11.1. The van der Waals surface area contributed by atoms with E-state index in [2.05, 4.69) is 36.1 Å². The summed E-state index contributed by atoms with van der Waals surface area (Å²) in [4.78, 5) is 2.63. The van der Waals surface area contributed by atoms with Gasteiger partial charge in [0.15, 0.2) is 0 Å². The van der Waals surface area contributed by atoms with Crippen LogP contribution in [0.25, 0.3) is 5.57 Å². The lowest BCUT2D eigenvalue weighted by Gasteiger charge is -2.28. The first-order valence-corrected chi connectivity index (χ1v) is 6.90. The first-order chi connectivity index (χ1) is 8.38. The maximum Gasteiger partial charge on any atom is 0.0202 e. The number of fused-ring (bicyclic) bond motifs is 2. The van der Waals surface area contributed by atoms with Gasteiger partial charge in [0.05, 0.1) is 0 Å². The molecule has 2 heteroatoms. The topological polar surface area (TPSA) is 3.24 Å². The summed E-state index contributed by atoms with van der Waals surface area (Å²) >= 11 is 0. The van der Waals surface area contributed by atoms with E-state index in [-0.39, 0.29) is 12.4 Å². The molecule has 18 heavy (non-hydrogen) atoms. The van der Waals surface area contributed by atoms with Crippen LogP contribution in [0.5, 0.6) is 0 Å². The van der Waals surface area contributed by atoms with Gasteiger partial charge in [-0.2, -0.15) is 0 Å². The standard InChI is InChI=1S/C16H21N.ClH/c1-2-3-9-17-10-8-16-14(12-17)11-13-6-4-5-7-15(13)16;/h4-7H,2-3,8-12H2,1H3;1H. The van der Waals surface area contributed by atoms with Crippen molar-refractivity contribution in [3.05, 3.63) is 41.0 Å². The number of nitrogens with zero attached hydrogens (tertiary/aromatic N) is 1. The second kappa shape index (κ2) is 5.90. The van der Waals surface area contributed by atoms with E-state index >= 15 is 0 Å². The van der Waals surface area contributed by atoms with Gasteiger partial charge < -0.3 is 0 Å². The van der Waals surface area contributed by atoms with E-state index in [1.807, 2.05) is 0 Å². The van der Waals surface area contributed by atoms with Crippen LogP contribution in [-0.4, -0.2) is 24.5 Å². The zero-order valence-corrected chi connectivity index (χ0v) is 11.9. The predicted octanol–water partition coefficient (Wildman–Crippen LogP) is 3.92. The monoisotopic (exact) mass is 263 g/mol. The molecule has 0 aromatic heterocycles. The van der Waals surface area contributed by atoms with E-state index in [1.165, 1.54) is 50.9 Å². The second-order valence-corrected chi connectivity index (χ2v) is 5.30. The van der Waals surface area contributed by atoms with Crippen LogP contribution in [0.3, 0.4) is 0 Å². The average Bonchev–Trinajstić information content (AvgIpc) is 2.74. The van der Waals surface area contributed by atoms with Crippen LogP contribution in [0.1, 0.15) is 37.3 Å². The SMILES string of the molecule is CCCCN1CCC2=C(Cc3ccccc32)C1.Cl. The van der Waals surface area contributed by atoms with Gasteiger partial charge in [0.25, 0.3) is 0 Å². The fraction of sp³-hybridized carbons (Fsp3) is 0.500. The van der Waals surface area contributed by atoms with Crippen molar-refractivity contribution in [1.82, 2.24) is 4.90 Å². The van der Waals surface area contributed by atoms with Crippen LogP contribution in [0, 0.1) is 0 Å². The molecule has 1 nitrogen and oxygen atoms in total. The maximum atomic E-state index is 2.63. The molecule has 0 spiro atoms. The van der Waals surface area contributed by atoms with Crippen LogP contribution in [0.2, 0.25) is 0 Å². The highest BCUT2D eigenvalue weighted by Gasteiger charge is 2.25. The Balaban J connectivity index is 0.00000120. The third-order valence-electron chi connectivity index (χ3n) is 4.09. The van der Waals surface area contributed by atoms with Crippen molar-refractivity contribution in [2.75, 3.05) is 19.6 Å². The van der Waals surface area contributed by atoms with E-state index in [0.29, 0.717) is 0 Å². The van der Waals surface area contributed by atoms with Crippen molar-refractivity contribution in [2.45, 2.75) is 32.6 Å². The molecule has 2 aliphatic rings. The fourth-order valence-corrected chi connectivity index (χ4v) is 3.15. The number of rotatable bonds is 3. The normalized spacial score (nSPS) is 18.3. The molecular weight excluding hydrogens is 242 g/mol. The van der Waals surface area contributed by atoms with Gasteiger partial charge in [-0.1, -0.05) is 37.6 Å². The molecule has 1 aromatic carbocycles. The first kappa shape index (κ1) is 13.6. The number of unbranched alkanes of at least 4 members (excludes halogenated alkanes) is 1. The number of hydrogen-bond donors (Lipinski definition) is 0. The first-order valence-electron chi connectivity index (χ1n) is 6.90. The molecule has 0 unspecified atom stereocenters. The minimum atomic E-state index is 0. The molecule has 0 amide bonds. The van der Waals surface area contributed by atoms with Crippen molar-refractivity contribution in [2.24, 2.45) is 0 Å². The molecule has 0 bridgehead atoms. The summed E-state index contributed by atoms with van der Waals surface area (Å²) in [6.45, 7) is 6.03. The van der Waals surface area contributed by atoms with Gasteiger partial charge in [0.2, 0.25) is 0 Å². The second-order valence-electron chi connectivity index (χ2n) is 5.30. The van der Waals surface area contributed by atoms with E-state index in [9.17, 15) is 0 Å². The lowest BCUT2D eigenvalue weighted by molar-refractivity contribution is 0.288. The summed E-state index contributed by atoms with van der Waals surface area (Å²) < 4.78 is 0. The van der Waals surface area contributed by atoms with E-state index < -0.39 is 0 Å². The highest BCUT2D eigenvalue weighted by molar-refractivity contribution is 5.85. The predicted molar refractivity (Wildman–Crippen MR) is 80.3 cm³/mol. The molecule has 3 rings (SSSR count). The Kier molecular flexibility index (Phi) is 4.47. The molecule has 1 aromatic rings. The van der Waals surface area contributed by atoms with Crippen LogP contribution in [0.4, 0.5) is 0 Å². The van der Waals surface area contributed by atoms with Gasteiger partial charge in [-0.15, -0.1) is 12.4 Å². The van der Waals surface area contributed by atoms with E-state index in [1.54, 1.807) is 16.7 Å². The average molecular weight is 264 g/mol. The Hall–Kier alpha value is -0.790. The largest absolute Gasteiger partial charge is 0.299 e. The molecule has 0 radical (unpaired) electrons. The third-order valence-corrected chi connectivity index (χ3v) is 4.09. The Labute approximate surface area is 116 Å². The maximum absolute atomic E-state index is 2.63. The summed E-state index contributed by atoms with van der Waals surface area (Å²) in [7, 11) is 0. The zero-order chi connectivity index (χ0) is 11.7. The quantitative estimate of drug-likeness (QED) is 0.799. The van der Waals surface area contributed by atoms with E-state index in [0.717, 1.165) is 0 Å². The van der Waals surface area contributed by atoms with Crippen molar-refractivity contribution >= 4 is 18.0 Å². The summed E-state index contributed by atoms with van der Waals surface area (Å²) in [5.74, 6) is 0. The van der Waals surface area contributed by atoms with Crippen molar-refractivity contribution in [3.63, 3.8) is 0 Å². The summed E-state index contributed by atoms with van der Waals surface area (Å²) in [5, 5.41) is 0. The molecule has 0 saturated carbocycles. The molecule has 1 heterocycles. The Morgan fingerprint density at radius 1 is 1.22 bits per heavy atom. The van der Waals surface area contributed by atoms with Gasteiger partial charge in [0, 0.05) is 13.1 Å². The van der Waals surface area contributed by atoms with Crippen LogP contribution in [0.15, 0.2) is 29.8 Å². The Bertz CT molecular complexity index is 450. The third kappa shape index (κ3) is 2.48. The molecule has 0 atom stereocenters. The number of hydrogen-bond acceptors (Lipinski definition) is 1. The molecule has 1 aliphatic carbocycles. The summed E-state index contributed by atoms with van der Waals surface area (Å²) in [6.07, 6.45) is 5.11. The van der Waals surface area contributed by atoms with Crippen molar-refractivity contribution in [1.29, 1.82) is 0 Å². The molecule has 1 aliphatic heterocycles. The van der Waals surface area contributed by atoms with Gasteiger partial charge in [-0.3, -0.25) is 4.90 Å². The summed E-state index contributed by atoms with van der Waals surface area (Å²) in [6, 6.07) is 8.95. The number of halogens is 1. The smallest absolute Gasteiger partial charge is 0.0202 e. The molecule has 0 saturated heterocycles. The fourth-order valence-electron chi connectivity index (χ4n) is 3.15. The molecular formula is C16H22ClN. The highest BCUT2D eigenvalue weighted by atomic mass is 35.5. The van der Waals surface area contributed by atoms with Crippen LogP contribution >= 0.6 is 12.4 Å². The lowest BCUT2D eigenvalue weighted by Crippen LogP contribution is -2.31. The molecule has 0 fully saturated rings. The molecule has 0 N–H and O–H groups in total. The minimum Gasteiger partial charge on any atom is -0.299 e. The number of benzene rings is 1. The molecule has 98 valence electrons. The Morgan fingerprint density at radius 2 is 2.06 bits per heavy atom. The van der Waals surface area contributed by atoms with E-state index in [4.69, 9.17) is 0 Å². The van der Waals surface area contributed by atoms with Crippen LogP contribution < -0.4 is 0 Å². The summed E-state index contributed by atoms with van der Waals surface area (Å²) in [5.41, 5.74) is 6.44. The lowest BCUT2D eigenvalue weighted by atomic mass is 9.99.